The number of benzene rings is 1. The van der Waals surface area contributed by atoms with E-state index in [-0.39, 0.29) is 18.0 Å². The number of amides is 1. The van der Waals surface area contributed by atoms with Gasteiger partial charge < -0.3 is 5.32 Å². The predicted octanol–water partition coefficient (Wildman–Crippen LogP) is 5.13. The Kier molecular flexibility index (Phi) is 5.60. The molecule has 0 spiro atoms. The summed E-state index contributed by atoms with van der Waals surface area (Å²) < 4.78 is 1.40. The highest BCUT2D eigenvalue weighted by Gasteiger charge is 2.25. The van der Waals surface area contributed by atoms with E-state index in [1.54, 1.807) is 6.92 Å². The van der Waals surface area contributed by atoms with Crippen LogP contribution in [0.2, 0.25) is 0 Å². The SMILES string of the molecule is Cc1nc2sc(-c3ccccc3)cc2c(=O)n1CC(=O)Nc1sc2c(c1C#N)CCC(C)C2. The van der Waals surface area contributed by atoms with E-state index in [1.807, 2.05) is 36.4 Å². The molecular weight excluding hydrogens is 452 g/mol. The lowest BCUT2D eigenvalue weighted by Gasteiger charge is -2.17. The molecule has 3 heterocycles. The molecule has 166 valence electrons. The zero-order valence-corrected chi connectivity index (χ0v) is 20.0. The van der Waals surface area contributed by atoms with Crippen LogP contribution in [0, 0.1) is 24.2 Å². The molecule has 1 unspecified atom stereocenters. The lowest BCUT2D eigenvalue weighted by atomic mass is 9.89. The van der Waals surface area contributed by atoms with Crippen LogP contribution >= 0.6 is 22.7 Å². The van der Waals surface area contributed by atoms with Crippen molar-refractivity contribution in [1.29, 1.82) is 5.26 Å². The molecule has 0 aliphatic heterocycles. The summed E-state index contributed by atoms with van der Waals surface area (Å²) in [5.41, 5.74) is 2.44. The quantitative estimate of drug-likeness (QED) is 0.444. The molecule has 0 fully saturated rings. The lowest BCUT2D eigenvalue weighted by Crippen LogP contribution is -2.29. The van der Waals surface area contributed by atoms with Gasteiger partial charge in [0.2, 0.25) is 5.91 Å². The number of nitrogens with zero attached hydrogens (tertiary/aromatic N) is 3. The molecule has 33 heavy (non-hydrogen) atoms. The highest BCUT2D eigenvalue weighted by atomic mass is 32.1. The van der Waals surface area contributed by atoms with Crippen molar-refractivity contribution in [3.05, 3.63) is 68.6 Å². The topological polar surface area (TPSA) is 87.8 Å². The first kappa shape index (κ1) is 21.6. The van der Waals surface area contributed by atoms with E-state index >= 15 is 0 Å². The molecule has 1 aromatic carbocycles. The van der Waals surface area contributed by atoms with Gasteiger partial charge in [-0.05, 0) is 49.3 Å². The molecule has 8 heteroatoms. The van der Waals surface area contributed by atoms with Crippen LogP contribution in [-0.2, 0) is 24.2 Å². The fourth-order valence-electron chi connectivity index (χ4n) is 4.32. The first-order valence-electron chi connectivity index (χ1n) is 10.9. The van der Waals surface area contributed by atoms with E-state index in [9.17, 15) is 14.9 Å². The van der Waals surface area contributed by atoms with Gasteiger partial charge in [0.05, 0.1) is 10.9 Å². The Morgan fingerprint density at radius 2 is 2.09 bits per heavy atom. The summed E-state index contributed by atoms with van der Waals surface area (Å²) in [6.45, 7) is 3.80. The van der Waals surface area contributed by atoms with Gasteiger partial charge in [-0.15, -0.1) is 22.7 Å². The van der Waals surface area contributed by atoms with Crippen LogP contribution in [0.3, 0.4) is 0 Å². The number of nitriles is 1. The third-order valence-corrected chi connectivity index (χ3v) is 8.33. The average Bonchev–Trinajstić information content (AvgIpc) is 3.37. The first-order valence-corrected chi connectivity index (χ1v) is 12.5. The summed E-state index contributed by atoms with van der Waals surface area (Å²) >= 11 is 2.96. The zero-order valence-electron chi connectivity index (χ0n) is 18.3. The van der Waals surface area contributed by atoms with Crippen molar-refractivity contribution >= 4 is 43.8 Å². The number of hydrogen-bond acceptors (Lipinski definition) is 6. The van der Waals surface area contributed by atoms with Crippen LogP contribution < -0.4 is 10.9 Å². The van der Waals surface area contributed by atoms with E-state index in [2.05, 4.69) is 23.3 Å². The van der Waals surface area contributed by atoms with Crippen molar-refractivity contribution in [2.45, 2.75) is 39.7 Å². The fraction of sp³-hybridized carbons (Fsp3) is 0.280. The Morgan fingerprint density at radius 3 is 2.85 bits per heavy atom. The van der Waals surface area contributed by atoms with Crippen molar-refractivity contribution in [3.63, 3.8) is 0 Å². The molecule has 6 nitrogen and oxygen atoms in total. The van der Waals surface area contributed by atoms with Crippen LogP contribution in [-0.4, -0.2) is 15.5 Å². The van der Waals surface area contributed by atoms with Crippen LogP contribution in [0.1, 0.15) is 35.2 Å². The maximum atomic E-state index is 13.2. The predicted molar refractivity (Wildman–Crippen MR) is 133 cm³/mol. The van der Waals surface area contributed by atoms with Crippen molar-refractivity contribution in [2.24, 2.45) is 5.92 Å². The monoisotopic (exact) mass is 474 g/mol. The highest BCUT2D eigenvalue weighted by molar-refractivity contribution is 7.21. The number of anilines is 1. The van der Waals surface area contributed by atoms with Crippen molar-refractivity contribution in [3.8, 4) is 16.5 Å². The van der Waals surface area contributed by atoms with E-state index < -0.39 is 0 Å². The van der Waals surface area contributed by atoms with Gasteiger partial charge in [0, 0.05) is 9.75 Å². The third kappa shape index (κ3) is 3.99. The minimum Gasteiger partial charge on any atom is -0.315 e. The van der Waals surface area contributed by atoms with E-state index in [0.717, 1.165) is 35.3 Å². The van der Waals surface area contributed by atoms with Crippen LogP contribution in [0.25, 0.3) is 20.7 Å². The zero-order chi connectivity index (χ0) is 23.1. The number of carbonyl (C=O) groups excluding carboxylic acids is 1. The van der Waals surface area contributed by atoms with Crippen LogP contribution in [0.4, 0.5) is 5.00 Å². The first-order chi connectivity index (χ1) is 15.9. The summed E-state index contributed by atoms with van der Waals surface area (Å²) in [6, 6.07) is 14.0. The summed E-state index contributed by atoms with van der Waals surface area (Å²) in [5.74, 6) is 0.739. The molecule has 1 aliphatic rings. The van der Waals surface area contributed by atoms with Crippen LogP contribution in [0.5, 0.6) is 0 Å². The van der Waals surface area contributed by atoms with E-state index in [4.69, 9.17) is 0 Å². The minimum atomic E-state index is -0.331. The van der Waals surface area contributed by atoms with Gasteiger partial charge in [-0.1, -0.05) is 37.3 Å². The largest absolute Gasteiger partial charge is 0.315 e. The Balaban J connectivity index is 1.43. The van der Waals surface area contributed by atoms with Gasteiger partial charge in [0.15, 0.2) is 0 Å². The second-order valence-electron chi connectivity index (χ2n) is 8.46. The molecule has 3 aromatic heterocycles. The van der Waals surface area contributed by atoms with Crippen molar-refractivity contribution < 1.29 is 4.79 Å². The van der Waals surface area contributed by atoms with Gasteiger partial charge in [-0.2, -0.15) is 5.26 Å². The summed E-state index contributed by atoms with van der Waals surface area (Å²) in [6.07, 6.45) is 2.86. The van der Waals surface area contributed by atoms with E-state index in [0.29, 0.717) is 32.5 Å². The molecule has 0 saturated carbocycles. The number of carbonyl (C=O) groups is 1. The summed E-state index contributed by atoms with van der Waals surface area (Å²) in [5, 5.41) is 13.7. The number of rotatable bonds is 4. The summed E-state index contributed by atoms with van der Waals surface area (Å²) in [4.78, 5) is 33.5. The molecule has 0 radical (unpaired) electrons. The molecule has 1 atom stereocenters. The van der Waals surface area contributed by atoms with Crippen molar-refractivity contribution in [1.82, 2.24) is 9.55 Å². The smallest absolute Gasteiger partial charge is 0.262 e. The molecule has 0 saturated heterocycles. The molecule has 1 N–H and O–H groups in total. The lowest BCUT2D eigenvalue weighted by molar-refractivity contribution is -0.116. The normalized spacial score (nSPS) is 15.2. The Bertz CT molecular complexity index is 1470. The molecular formula is C25H22N4O2S2. The number of fused-ring (bicyclic) bond motifs is 2. The highest BCUT2D eigenvalue weighted by Crippen LogP contribution is 2.39. The van der Waals surface area contributed by atoms with Gasteiger partial charge in [-0.3, -0.25) is 14.2 Å². The fourth-order valence-corrected chi connectivity index (χ4v) is 6.77. The van der Waals surface area contributed by atoms with Gasteiger partial charge in [-0.25, -0.2) is 4.98 Å². The third-order valence-electron chi connectivity index (χ3n) is 6.08. The molecule has 5 rings (SSSR count). The number of aromatic nitrogens is 2. The van der Waals surface area contributed by atoms with Gasteiger partial charge in [0.1, 0.15) is 28.3 Å². The Hall–Kier alpha value is -3.28. The average molecular weight is 475 g/mol. The maximum Gasteiger partial charge on any atom is 0.262 e. The van der Waals surface area contributed by atoms with Crippen LogP contribution in [0.15, 0.2) is 41.2 Å². The van der Waals surface area contributed by atoms with E-state index in [1.165, 1.54) is 32.1 Å². The number of hydrogen-bond donors (Lipinski definition) is 1. The maximum absolute atomic E-state index is 13.2. The Labute approximate surface area is 199 Å². The number of thiophene rings is 2. The summed E-state index contributed by atoms with van der Waals surface area (Å²) in [7, 11) is 0. The second kappa shape index (κ2) is 8.58. The molecule has 1 amide bonds. The Morgan fingerprint density at radius 1 is 1.30 bits per heavy atom. The molecule has 4 aromatic rings. The molecule has 0 bridgehead atoms. The number of nitrogens with one attached hydrogen (secondary N) is 1. The number of aryl methyl sites for hydroxylation is 1. The van der Waals surface area contributed by atoms with Gasteiger partial charge >= 0.3 is 0 Å². The van der Waals surface area contributed by atoms with Gasteiger partial charge in [0.25, 0.3) is 5.56 Å². The second-order valence-corrected chi connectivity index (χ2v) is 10.6. The molecule has 1 aliphatic carbocycles. The standard InChI is InChI=1S/C25H22N4O2S2/c1-14-8-9-17-19(12-26)24(33-21(17)10-14)28-22(30)13-29-15(2)27-23-18(25(29)31)11-20(32-23)16-6-4-3-5-7-16/h3-7,11,14H,8-10,13H2,1-2H3,(H,28,30). The van der Waals surface area contributed by atoms with Crippen molar-refractivity contribution in [2.75, 3.05) is 5.32 Å². The minimum absolute atomic E-state index is 0.145.